The van der Waals surface area contributed by atoms with E-state index in [4.69, 9.17) is 4.52 Å². The molecule has 2 aromatic heterocycles. The Hall–Kier alpha value is -2.44. The first-order valence-corrected chi connectivity index (χ1v) is 8.47. The zero-order chi connectivity index (χ0) is 17.1. The highest BCUT2D eigenvalue weighted by Crippen LogP contribution is 2.45. The number of nitrogens with zero attached hydrogens (tertiary/aromatic N) is 1. The van der Waals surface area contributed by atoms with Gasteiger partial charge in [0.15, 0.2) is 0 Å². The first kappa shape index (κ1) is 15.1. The van der Waals surface area contributed by atoms with Gasteiger partial charge in [-0.15, -0.1) is 11.3 Å². The average molecular weight is 340 g/mol. The summed E-state index contributed by atoms with van der Waals surface area (Å²) >= 11 is 1.38. The maximum absolute atomic E-state index is 12.5. The Morgan fingerprint density at radius 3 is 2.67 bits per heavy atom. The van der Waals surface area contributed by atoms with Crippen molar-refractivity contribution < 1.29 is 14.4 Å². The highest BCUT2D eigenvalue weighted by molar-refractivity contribution is 7.10. The molecule has 2 N–H and O–H groups in total. The van der Waals surface area contributed by atoms with E-state index in [9.17, 15) is 9.90 Å². The third kappa shape index (κ3) is 1.90. The van der Waals surface area contributed by atoms with Crippen LogP contribution in [-0.4, -0.2) is 16.2 Å². The molecule has 3 aromatic rings. The summed E-state index contributed by atoms with van der Waals surface area (Å²) in [6.07, 6.45) is 0. The molecule has 1 amide bonds. The van der Waals surface area contributed by atoms with Crippen molar-refractivity contribution in [1.29, 1.82) is 0 Å². The fourth-order valence-electron chi connectivity index (χ4n) is 3.31. The Bertz CT molecular complexity index is 953. The van der Waals surface area contributed by atoms with Crippen LogP contribution < -0.4 is 5.32 Å². The van der Waals surface area contributed by atoms with Crippen molar-refractivity contribution in [3.63, 3.8) is 0 Å². The zero-order valence-electron chi connectivity index (χ0n) is 13.5. The number of aryl methyl sites for hydroxylation is 3. The van der Waals surface area contributed by atoms with Crippen LogP contribution in [0.2, 0.25) is 0 Å². The summed E-state index contributed by atoms with van der Waals surface area (Å²) in [4.78, 5) is 13.2. The van der Waals surface area contributed by atoms with Gasteiger partial charge in [0, 0.05) is 16.8 Å². The molecule has 0 saturated carbocycles. The predicted molar refractivity (Wildman–Crippen MR) is 92.1 cm³/mol. The number of thiophene rings is 1. The Balaban J connectivity index is 1.94. The average Bonchev–Trinajstić information content (AvgIpc) is 3.19. The fourth-order valence-corrected chi connectivity index (χ4v) is 4.34. The quantitative estimate of drug-likeness (QED) is 0.748. The number of benzene rings is 1. The van der Waals surface area contributed by atoms with Gasteiger partial charge in [0.2, 0.25) is 5.60 Å². The number of hydrogen-bond donors (Lipinski definition) is 2. The van der Waals surface area contributed by atoms with Crippen LogP contribution in [0, 0.1) is 20.8 Å². The molecule has 6 heteroatoms. The molecule has 0 bridgehead atoms. The van der Waals surface area contributed by atoms with Gasteiger partial charge < -0.3 is 14.9 Å². The highest BCUT2D eigenvalue weighted by atomic mass is 32.1. The number of rotatable bonds is 2. The minimum Gasteiger partial charge on any atom is -0.371 e. The van der Waals surface area contributed by atoms with E-state index in [0.29, 0.717) is 21.9 Å². The monoisotopic (exact) mass is 340 g/mol. The third-order valence-electron chi connectivity index (χ3n) is 4.50. The number of amides is 1. The van der Waals surface area contributed by atoms with E-state index >= 15 is 0 Å². The number of fused-ring (bicyclic) bond motifs is 1. The smallest absolute Gasteiger partial charge is 0.266 e. The van der Waals surface area contributed by atoms with Crippen LogP contribution in [0.4, 0.5) is 5.69 Å². The molecule has 4 rings (SSSR count). The number of carbonyl (C=O) groups excluding carboxylic acids is 1. The molecule has 122 valence electrons. The predicted octanol–water partition coefficient (Wildman–Crippen LogP) is 3.52. The lowest BCUT2D eigenvalue weighted by atomic mass is 9.89. The van der Waals surface area contributed by atoms with Crippen molar-refractivity contribution >= 4 is 22.9 Å². The maximum Gasteiger partial charge on any atom is 0.266 e. The number of hydrogen-bond acceptors (Lipinski definition) is 5. The molecule has 1 atom stereocenters. The van der Waals surface area contributed by atoms with E-state index in [-0.39, 0.29) is 0 Å². The molecule has 1 aromatic carbocycles. The standard InChI is InChI=1S/C18H16N2O3S/c1-9-6-7-24-16(9)18(22)13-8-12(4-5-14(13)19-17(18)21)15-10(2)20-23-11(15)3/h4-8,22H,1-3H3,(H,19,21). The van der Waals surface area contributed by atoms with E-state index in [1.54, 1.807) is 0 Å². The second-order valence-corrected chi connectivity index (χ2v) is 6.97. The van der Waals surface area contributed by atoms with Gasteiger partial charge in [-0.3, -0.25) is 4.79 Å². The van der Waals surface area contributed by atoms with Gasteiger partial charge in [-0.2, -0.15) is 0 Å². The molecule has 0 radical (unpaired) electrons. The van der Waals surface area contributed by atoms with Gasteiger partial charge in [0.25, 0.3) is 5.91 Å². The van der Waals surface area contributed by atoms with Crippen LogP contribution in [0.5, 0.6) is 0 Å². The zero-order valence-corrected chi connectivity index (χ0v) is 14.3. The molecular formula is C18H16N2O3S. The number of aliphatic hydroxyl groups is 1. The molecule has 3 heterocycles. The van der Waals surface area contributed by atoms with Crippen LogP contribution in [0.25, 0.3) is 11.1 Å². The van der Waals surface area contributed by atoms with Crippen molar-refractivity contribution in [3.05, 3.63) is 57.1 Å². The Morgan fingerprint density at radius 1 is 1.25 bits per heavy atom. The summed E-state index contributed by atoms with van der Waals surface area (Å²) < 4.78 is 5.24. The Morgan fingerprint density at radius 2 is 2.04 bits per heavy atom. The van der Waals surface area contributed by atoms with E-state index in [1.807, 2.05) is 50.4 Å². The van der Waals surface area contributed by atoms with Gasteiger partial charge in [-0.05, 0) is 55.5 Å². The van der Waals surface area contributed by atoms with Crippen molar-refractivity contribution in [1.82, 2.24) is 5.16 Å². The highest BCUT2D eigenvalue weighted by Gasteiger charge is 2.48. The molecule has 1 aliphatic heterocycles. The Kier molecular flexibility index (Phi) is 3.16. The van der Waals surface area contributed by atoms with Gasteiger partial charge >= 0.3 is 0 Å². The van der Waals surface area contributed by atoms with Crippen molar-refractivity contribution in [2.24, 2.45) is 0 Å². The minimum absolute atomic E-state index is 0.418. The van der Waals surface area contributed by atoms with Gasteiger partial charge in [0.1, 0.15) is 5.76 Å². The summed E-state index contributed by atoms with van der Waals surface area (Å²) in [5.41, 5.74) is 2.97. The summed E-state index contributed by atoms with van der Waals surface area (Å²) in [5, 5.41) is 19.9. The first-order valence-electron chi connectivity index (χ1n) is 7.59. The minimum atomic E-state index is -1.66. The molecule has 1 unspecified atom stereocenters. The molecule has 1 aliphatic rings. The van der Waals surface area contributed by atoms with E-state index in [2.05, 4.69) is 10.5 Å². The first-order chi connectivity index (χ1) is 11.4. The van der Waals surface area contributed by atoms with Crippen molar-refractivity contribution in [2.45, 2.75) is 26.4 Å². The van der Waals surface area contributed by atoms with E-state index < -0.39 is 11.5 Å². The van der Waals surface area contributed by atoms with Gasteiger partial charge in [-0.25, -0.2) is 0 Å². The van der Waals surface area contributed by atoms with Crippen molar-refractivity contribution in [3.8, 4) is 11.1 Å². The van der Waals surface area contributed by atoms with Crippen LogP contribution in [0.15, 0.2) is 34.2 Å². The molecule has 0 aliphatic carbocycles. The molecule has 5 nitrogen and oxygen atoms in total. The summed E-state index contributed by atoms with van der Waals surface area (Å²) in [6.45, 7) is 5.62. The summed E-state index contributed by atoms with van der Waals surface area (Å²) in [5.74, 6) is 0.291. The van der Waals surface area contributed by atoms with Crippen LogP contribution in [0.3, 0.4) is 0 Å². The topological polar surface area (TPSA) is 75.4 Å². The molecule has 24 heavy (non-hydrogen) atoms. The second kappa shape index (κ2) is 5.03. The third-order valence-corrected chi connectivity index (χ3v) is 5.62. The normalized spacial score (nSPS) is 19.4. The molecule has 0 fully saturated rings. The number of nitrogens with one attached hydrogen (secondary N) is 1. The van der Waals surface area contributed by atoms with Crippen molar-refractivity contribution in [2.75, 3.05) is 5.32 Å². The lowest BCUT2D eigenvalue weighted by Gasteiger charge is -2.21. The molecule has 0 spiro atoms. The van der Waals surface area contributed by atoms with Crippen LogP contribution in [0.1, 0.15) is 27.5 Å². The second-order valence-electron chi connectivity index (χ2n) is 6.06. The van der Waals surface area contributed by atoms with E-state index in [0.717, 1.165) is 22.4 Å². The summed E-state index contributed by atoms with van der Waals surface area (Å²) in [7, 11) is 0. The largest absolute Gasteiger partial charge is 0.371 e. The molecular weight excluding hydrogens is 324 g/mol. The lowest BCUT2D eigenvalue weighted by Crippen LogP contribution is -2.35. The summed E-state index contributed by atoms with van der Waals surface area (Å²) in [6, 6.07) is 7.47. The number of anilines is 1. The van der Waals surface area contributed by atoms with Crippen LogP contribution in [-0.2, 0) is 10.4 Å². The number of carbonyl (C=O) groups is 1. The lowest BCUT2D eigenvalue weighted by molar-refractivity contribution is -0.129. The van der Waals surface area contributed by atoms with E-state index in [1.165, 1.54) is 11.3 Å². The van der Waals surface area contributed by atoms with Gasteiger partial charge in [-0.1, -0.05) is 11.2 Å². The molecule has 0 saturated heterocycles. The van der Waals surface area contributed by atoms with Crippen LogP contribution >= 0.6 is 11.3 Å². The number of aromatic nitrogens is 1. The Labute approximate surface area is 142 Å². The fraction of sp³-hybridized carbons (Fsp3) is 0.222. The maximum atomic E-state index is 12.5. The van der Waals surface area contributed by atoms with Gasteiger partial charge in [0.05, 0.1) is 10.6 Å². The SMILES string of the molecule is Cc1ccsc1C1(O)C(=O)Nc2ccc(-c3c(C)noc3C)cc21.